The van der Waals surface area contributed by atoms with Gasteiger partial charge >= 0.3 is 0 Å². The number of aliphatic hydroxyl groups excluding tert-OH is 2. The molecule has 0 aliphatic heterocycles. The molecule has 0 saturated heterocycles. The first-order chi connectivity index (χ1) is 29.7. The number of rotatable bonds is 47. The smallest absolute Gasteiger partial charge is 0.220 e. The van der Waals surface area contributed by atoms with Crippen LogP contribution in [0.5, 0.6) is 0 Å². The molecule has 0 heterocycles. The molecule has 0 aliphatic carbocycles. The zero-order chi connectivity index (χ0) is 43.5. The highest BCUT2D eigenvalue weighted by Gasteiger charge is 2.20. The number of allylic oxidation sites excluding steroid dienone is 12. The average molecular weight is 836 g/mol. The summed E-state index contributed by atoms with van der Waals surface area (Å²) in [4.78, 5) is 12.4. The Bertz CT molecular complexity index is 1040. The van der Waals surface area contributed by atoms with E-state index in [4.69, 9.17) is 0 Å². The summed E-state index contributed by atoms with van der Waals surface area (Å²) in [6, 6.07) is -0.536. The second-order valence-electron chi connectivity index (χ2n) is 17.6. The maximum absolute atomic E-state index is 12.4. The van der Waals surface area contributed by atoms with Gasteiger partial charge in [0.2, 0.25) is 5.91 Å². The summed E-state index contributed by atoms with van der Waals surface area (Å²) in [5.74, 6) is -0.0320. The molecule has 0 fully saturated rings. The third kappa shape index (κ3) is 46.9. The van der Waals surface area contributed by atoms with E-state index in [0.717, 1.165) is 64.2 Å². The zero-order valence-electron chi connectivity index (χ0n) is 40.0. The minimum absolute atomic E-state index is 0.0320. The van der Waals surface area contributed by atoms with Crippen molar-refractivity contribution in [1.82, 2.24) is 5.32 Å². The van der Waals surface area contributed by atoms with Crippen LogP contribution in [0.2, 0.25) is 0 Å². The van der Waals surface area contributed by atoms with E-state index in [1.807, 2.05) is 0 Å². The van der Waals surface area contributed by atoms with Crippen LogP contribution in [0, 0.1) is 0 Å². The van der Waals surface area contributed by atoms with E-state index in [0.29, 0.717) is 12.8 Å². The molecule has 0 aromatic rings. The van der Waals surface area contributed by atoms with Crippen molar-refractivity contribution in [2.45, 2.75) is 270 Å². The van der Waals surface area contributed by atoms with E-state index >= 15 is 0 Å². The van der Waals surface area contributed by atoms with Crippen molar-refractivity contribution in [2.24, 2.45) is 0 Å². The van der Waals surface area contributed by atoms with E-state index in [2.05, 4.69) is 92.1 Å². The van der Waals surface area contributed by atoms with Gasteiger partial charge in [0.1, 0.15) is 0 Å². The van der Waals surface area contributed by atoms with Gasteiger partial charge in [0.15, 0.2) is 0 Å². The molecule has 0 spiro atoms. The summed E-state index contributed by atoms with van der Waals surface area (Å²) >= 11 is 0. The first kappa shape index (κ1) is 57.8. The van der Waals surface area contributed by atoms with Gasteiger partial charge in [-0.05, 0) is 64.2 Å². The number of amides is 1. The Labute approximate surface area is 374 Å². The van der Waals surface area contributed by atoms with Crippen molar-refractivity contribution in [1.29, 1.82) is 0 Å². The van der Waals surface area contributed by atoms with Crippen molar-refractivity contribution in [2.75, 3.05) is 6.61 Å². The van der Waals surface area contributed by atoms with Crippen LogP contribution in [0.3, 0.4) is 0 Å². The van der Waals surface area contributed by atoms with Gasteiger partial charge in [-0.25, -0.2) is 0 Å². The van der Waals surface area contributed by atoms with Gasteiger partial charge in [-0.3, -0.25) is 4.79 Å². The molecule has 0 aromatic heterocycles. The third-order valence-corrected chi connectivity index (χ3v) is 11.7. The molecule has 2 unspecified atom stereocenters. The minimum Gasteiger partial charge on any atom is -0.394 e. The lowest BCUT2D eigenvalue weighted by molar-refractivity contribution is -0.123. The Morgan fingerprint density at radius 2 is 0.733 bits per heavy atom. The number of carbonyl (C=O) groups excluding carboxylic acids is 1. The quantitative estimate of drug-likeness (QED) is 0.0422. The minimum atomic E-state index is -0.658. The van der Waals surface area contributed by atoms with Gasteiger partial charge in [-0.1, -0.05) is 260 Å². The lowest BCUT2D eigenvalue weighted by Gasteiger charge is -2.22. The standard InChI is InChI=1S/C56H101NO3/c1-3-5-7-9-11-13-15-16-17-18-19-20-21-22-23-24-25-26-27-28-29-30-31-32-33-34-35-36-37-38-39-40-42-44-46-48-50-52-56(60)57-54(53-58)55(59)51-49-47-45-43-41-14-12-10-8-6-4-2/h5,7,11,13,16-17,19-20,22-23,25-26,54-55,58-59H,3-4,6,8-10,12,14-15,18,21,24,27-53H2,1-2H3,(H,57,60)/b7-5-,13-11-,17-16-,20-19-,23-22-,26-25-. The molecule has 0 radical (unpaired) electrons. The summed E-state index contributed by atoms with van der Waals surface area (Å²) in [5.41, 5.74) is 0. The largest absolute Gasteiger partial charge is 0.394 e. The van der Waals surface area contributed by atoms with Crippen LogP contribution in [-0.2, 0) is 4.79 Å². The van der Waals surface area contributed by atoms with Crippen molar-refractivity contribution in [3.63, 3.8) is 0 Å². The van der Waals surface area contributed by atoms with Crippen LogP contribution in [0.15, 0.2) is 72.9 Å². The number of carbonyl (C=O) groups is 1. The lowest BCUT2D eigenvalue weighted by atomic mass is 10.0. The van der Waals surface area contributed by atoms with Gasteiger partial charge in [0, 0.05) is 6.42 Å². The number of nitrogens with one attached hydrogen (secondary N) is 1. The van der Waals surface area contributed by atoms with Gasteiger partial charge in [-0.15, -0.1) is 0 Å². The number of aliphatic hydroxyl groups is 2. The van der Waals surface area contributed by atoms with E-state index in [-0.39, 0.29) is 12.5 Å². The molecule has 0 bridgehead atoms. The van der Waals surface area contributed by atoms with Gasteiger partial charge in [-0.2, -0.15) is 0 Å². The fourth-order valence-electron chi connectivity index (χ4n) is 7.78. The Kier molecular flexibility index (Phi) is 49.3. The van der Waals surface area contributed by atoms with Gasteiger partial charge < -0.3 is 15.5 Å². The Morgan fingerprint density at radius 3 is 1.10 bits per heavy atom. The maximum atomic E-state index is 12.4. The molecule has 348 valence electrons. The highest BCUT2D eigenvalue weighted by atomic mass is 16.3. The van der Waals surface area contributed by atoms with Crippen molar-refractivity contribution < 1.29 is 15.0 Å². The van der Waals surface area contributed by atoms with Crippen LogP contribution in [0.4, 0.5) is 0 Å². The molecule has 0 aliphatic rings. The maximum Gasteiger partial charge on any atom is 0.220 e. The summed E-state index contributed by atoms with van der Waals surface area (Å²) in [6.07, 6.45) is 73.1. The Balaban J connectivity index is 3.44. The van der Waals surface area contributed by atoms with E-state index in [9.17, 15) is 15.0 Å². The topological polar surface area (TPSA) is 69.6 Å². The molecule has 1 amide bonds. The molecule has 60 heavy (non-hydrogen) atoms. The SMILES string of the molecule is CC/C=C\C/C=C\C/C=C\C/C=C\C/C=C\C/C=C\CCCCCCCCCCCCCCCCCCCCC(=O)NC(CO)C(O)CCCCCCCCCCCCC. The average Bonchev–Trinajstić information content (AvgIpc) is 3.25. The fourth-order valence-corrected chi connectivity index (χ4v) is 7.78. The second kappa shape index (κ2) is 51.2. The highest BCUT2D eigenvalue weighted by Crippen LogP contribution is 2.16. The van der Waals surface area contributed by atoms with Crippen molar-refractivity contribution in [3.8, 4) is 0 Å². The summed E-state index contributed by atoms with van der Waals surface area (Å²) in [7, 11) is 0. The molecule has 2 atom stereocenters. The normalized spacial score (nSPS) is 13.5. The predicted molar refractivity (Wildman–Crippen MR) is 267 cm³/mol. The Hall–Kier alpha value is -2.17. The van der Waals surface area contributed by atoms with Crippen LogP contribution >= 0.6 is 0 Å². The van der Waals surface area contributed by atoms with E-state index < -0.39 is 12.1 Å². The molecular formula is C56H101NO3. The molecule has 0 rings (SSSR count). The molecule has 4 nitrogen and oxygen atoms in total. The first-order valence-electron chi connectivity index (χ1n) is 26.1. The van der Waals surface area contributed by atoms with Crippen molar-refractivity contribution in [3.05, 3.63) is 72.9 Å². The van der Waals surface area contributed by atoms with Crippen LogP contribution in [-0.4, -0.2) is 34.9 Å². The number of unbranched alkanes of at least 4 members (excludes halogenated alkanes) is 28. The van der Waals surface area contributed by atoms with E-state index in [1.54, 1.807) is 0 Å². The summed E-state index contributed by atoms with van der Waals surface area (Å²) in [6.45, 7) is 4.24. The lowest BCUT2D eigenvalue weighted by Crippen LogP contribution is -2.45. The zero-order valence-corrected chi connectivity index (χ0v) is 40.0. The van der Waals surface area contributed by atoms with Crippen LogP contribution < -0.4 is 5.32 Å². The van der Waals surface area contributed by atoms with Crippen molar-refractivity contribution >= 4 is 5.91 Å². The Morgan fingerprint density at radius 1 is 0.417 bits per heavy atom. The molecule has 0 aromatic carbocycles. The van der Waals surface area contributed by atoms with Gasteiger partial charge in [0.05, 0.1) is 18.8 Å². The predicted octanol–water partition coefficient (Wildman–Crippen LogP) is 17.0. The molecule has 0 saturated carbocycles. The first-order valence-corrected chi connectivity index (χ1v) is 26.1. The van der Waals surface area contributed by atoms with Gasteiger partial charge in [0.25, 0.3) is 0 Å². The van der Waals surface area contributed by atoms with Crippen LogP contribution in [0.25, 0.3) is 0 Å². The number of hydrogen-bond acceptors (Lipinski definition) is 3. The van der Waals surface area contributed by atoms with Crippen LogP contribution in [0.1, 0.15) is 258 Å². The summed E-state index contributed by atoms with van der Waals surface area (Å²) < 4.78 is 0. The molecule has 3 N–H and O–H groups in total. The highest BCUT2D eigenvalue weighted by molar-refractivity contribution is 5.76. The number of hydrogen-bond donors (Lipinski definition) is 3. The third-order valence-electron chi connectivity index (χ3n) is 11.7. The molecular weight excluding hydrogens is 735 g/mol. The summed E-state index contributed by atoms with van der Waals surface area (Å²) in [5, 5.41) is 23.2. The van der Waals surface area contributed by atoms with E-state index in [1.165, 1.54) is 167 Å². The molecule has 4 heteroatoms. The monoisotopic (exact) mass is 836 g/mol. The fraction of sp³-hybridized carbons (Fsp3) is 0.768. The second-order valence-corrected chi connectivity index (χ2v) is 17.6.